The predicted octanol–water partition coefficient (Wildman–Crippen LogP) is 2.89. The highest BCUT2D eigenvalue weighted by Gasteiger charge is 2.45. The van der Waals surface area contributed by atoms with Crippen LogP contribution in [0.2, 0.25) is 0 Å². The van der Waals surface area contributed by atoms with Crippen LogP contribution < -0.4 is 0 Å². The summed E-state index contributed by atoms with van der Waals surface area (Å²) in [5, 5.41) is 16.2. The van der Waals surface area contributed by atoms with Crippen LogP contribution in [0.25, 0.3) is 0 Å². The predicted molar refractivity (Wildman–Crippen MR) is 80.6 cm³/mol. The molecule has 5 heteroatoms. The Bertz CT molecular complexity index is 728. The lowest BCUT2D eigenvalue weighted by Crippen LogP contribution is -2.43. The maximum absolute atomic E-state index is 13.1. The Kier molecular flexibility index (Phi) is 3.50. The van der Waals surface area contributed by atoms with Gasteiger partial charge in [-0.2, -0.15) is 10.1 Å². The SMILES string of the molecule is CC1=NN(C(=O)c2ccccc2)[C@@](O)(c2ccc(F)cc2)C1. The third kappa shape index (κ3) is 2.40. The monoisotopic (exact) mass is 298 g/mol. The molecule has 0 saturated heterocycles. The van der Waals surface area contributed by atoms with Gasteiger partial charge in [0.15, 0.2) is 5.72 Å². The summed E-state index contributed by atoms with van der Waals surface area (Å²) >= 11 is 0. The van der Waals surface area contributed by atoms with E-state index in [1.54, 1.807) is 37.3 Å². The van der Waals surface area contributed by atoms with Gasteiger partial charge in [-0.1, -0.05) is 30.3 Å². The number of amides is 1. The number of aliphatic hydroxyl groups is 1. The van der Waals surface area contributed by atoms with Crippen molar-refractivity contribution >= 4 is 11.6 Å². The Morgan fingerprint density at radius 1 is 1.18 bits per heavy atom. The molecule has 0 unspecified atom stereocenters. The third-order valence-electron chi connectivity index (χ3n) is 3.64. The average Bonchev–Trinajstić information content (AvgIpc) is 2.84. The number of hydrazone groups is 1. The highest BCUT2D eigenvalue weighted by Crippen LogP contribution is 2.36. The quantitative estimate of drug-likeness (QED) is 0.927. The van der Waals surface area contributed by atoms with Crippen LogP contribution in [-0.2, 0) is 5.72 Å². The van der Waals surface area contributed by atoms with E-state index in [-0.39, 0.29) is 6.42 Å². The lowest BCUT2D eigenvalue weighted by Gasteiger charge is -2.31. The highest BCUT2D eigenvalue weighted by atomic mass is 19.1. The van der Waals surface area contributed by atoms with Gasteiger partial charge in [-0.05, 0) is 31.2 Å². The van der Waals surface area contributed by atoms with Crippen LogP contribution >= 0.6 is 0 Å². The number of halogens is 1. The van der Waals surface area contributed by atoms with Crippen LogP contribution in [0.4, 0.5) is 4.39 Å². The molecule has 1 amide bonds. The molecular weight excluding hydrogens is 283 g/mol. The molecule has 1 atom stereocenters. The number of hydrogen-bond acceptors (Lipinski definition) is 3. The van der Waals surface area contributed by atoms with Gasteiger partial charge in [-0.25, -0.2) is 4.39 Å². The second kappa shape index (κ2) is 5.35. The molecule has 0 saturated carbocycles. The van der Waals surface area contributed by atoms with E-state index in [2.05, 4.69) is 5.10 Å². The van der Waals surface area contributed by atoms with Crippen molar-refractivity contribution in [3.8, 4) is 0 Å². The van der Waals surface area contributed by atoms with Gasteiger partial charge in [-0.3, -0.25) is 4.79 Å². The molecule has 1 aliphatic rings. The Morgan fingerprint density at radius 3 is 2.45 bits per heavy atom. The molecule has 0 aliphatic carbocycles. The smallest absolute Gasteiger partial charge is 0.276 e. The molecular formula is C17H15FN2O2. The molecule has 1 aliphatic heterocycles. The molecule has 1 heterocycles. The first-order chi connectivity index (χ1) is 10.5. The van der Waals surface area contributed by atoms with Crippen molar-refractivity contribution in [2.75, 3.05) is 0 Å². The molecule has 2 aromatic carbocycles. The van der Waals surface area contributed by atoms with E-state index in [4.69, 9.17) is 0 Å². The zero-order valence-corrected chi connectivity index (χ0v) is 12.0. The lowest BCUT2D eigenvalue weighted by atomic mass is 9.97. The van der Waals surface area contributed by atoms with Crippen molar-refractivity contribution in [1.29, 1.82) is 0 Å². The fraction of sp³-hybridized carbons (Fsp3) is 0.176. The van der Waals surface area contributed by atoms with E-state index in [0.29, 0.717) is 16.8 Å². The van der Waals surface area contributed by atoms with Crippen LogP contribution in [-0.4, -0.2) is 21.7 Å². The standard InChI is InChI=1S/C17H15FN2O2/c1-12-11-17(22,14-7-9-15(18)10-8-14)20(19-12)16(21)13-5-3-2-4-6-13/h2-10,22H,11H2,1H3/t17-/m0/s1. The first-order valence-electron chi connectivity index (χ1n) is 6.93. The molecule has 0 radical (unpaired) electrons. The van der Waals surface area contributed by atoms with E-state index >= 15 is 0 Å². The van der Waals surface area contributed by atoms with E-state index in [0.717, 1.165) is 5.01 Å². The number of hydrogen-bond donors (Lipinski definition) is 1. The van der Waals surface area contributed by atoms with Gasteiger partial charge in [0.25, 0.3) is 5.91 Å². The summed E-state index contributed by atoms with van der Waals surface area (Å²) in [6.45, 7) is 1.74. The first kappa shape index (κ1) is 14.4. The van der Waals surface area contributed by atoms with E-state index in [1.807, 2.05) is 0 Å². The van der Waals surface area contributed by atoms with Gasteiger partial charge in [0.2, 0.25) is 0 Å². The Hall–Kier alpha value is -2.53. The Balaban J connectivity index is 2.01. The molecule has 4 nitrogen and oxygen atoms in total. The Labute approximate surface area is 127 Å². The number of carbonyl (C=O) groups excluding carboxylic acids is 1. The number of nitrogens with zero attached hydrogens (tertiary/aromatic N) is 2. The fourth-order valence-corrected chi connectivity index (χ4v) is 2.58. The maximum atomic E-state index is 13.1. The molecule has 0 spiro atoms. The topological polar surface area (TPSA) is 52.9 Å². The van der Waals surface area contributed by atoms with Gasteiger partial charge in [0.1, 0.15) is 5.82 Å². The van der Waals surface area contributed by atoms with Crippen LogP contribution in [0.5, 0.6) is 0 Å². The van der Waals surface area contributed by atoms with Crippen molar-refractivity contribution in [2.24, 2.45) is 5.10 Å². The number of rotatable bonds is 2. The molecule has 3 rings (SSSR count). The minimum Gasteiger partial charge on any atom is -0.365 e. The molecule has 112 valence electrons. The second-order valence-corrected chi connectivity index (χ2v) is 5.32. The summed E-state index contributed by atoms with van der Waals surface area (Å²) in [7, 11) is 0. The van der Waals surface area contributed by atoms with E-state index in [1.165, 1.54) is 24.3 Å². The van der Waals surface area contributed by atoms with Crippen molar-refractivity contribution in [3.63, 3.8) is 0 Å². The summed E-state index contributed by atoms with van der Waals surface area (Å²) in [6.07, 6.45) is 0.192. The van der Waals surface area contributed by atoms with Gasteiger partial charge in [0, 0.05) is 23.3 Å². The summed E-state index contributed by atoms with van der Waals surface area (Å²) in [6, 6.07) is 14.1. The zero-order valence-electron chi connectivity index (χ0n) is 12.0. The molecule has 1 N–H and O–H groups in total. The van der Waals surface area contributed by atoms with Gasteiger partial charge < -0.3 is 5.11 Å². The summed E-state index contributed by atoms with van der Waals surface area (Å²) in [5.41, 5.74) is -0.0959. The van der Waals surface area contributed by atoms with Crippen molar-refractivity contribution in [3.05, 3.63) is 71.5 Å². The molecule has 0 fully saturated rings. The highest BCUT2D eigenvalue weighted by molar-refractivity contribution is 5.97. The van der Waals surface area contributed by atoms with Gasteiger partial charge in [-0.15, -0.1) is 0 Å². The minimum atomic E-state index is -1.59. The maximum Gasteiger partial charge on any atom is 0.276 e. The molecule has 2 aromatic rings. The molecule has 0 aromatic heterocycles. The summed E-state index contributed by atoms with van der Waals surface area (Å²) in [5.74, 6) is -0.798. The van der Waals surface area contributed by atoms with Gasteiger partial charge >= 0.3 is 0 Å². The largest absolute Gasteiger partial charge is 0.365 e. The van der Waals surface area contributed by atoms with Crippen molar-refractivity contribution in [1.82, 2.24) is 5.01 Å². The van der Waals surface area contributed by atoms with E-state index in [9.17, 15) is 14.3 Å². The fourth-order valence-electron chi connectivity index (χ4n) is 2.58. The lowest BCUT2D eigenvalue weighted by molar-refractivity contribution is -0.0765. The van der Waals surface area contributed by atoms with Crippen molar-refractivity contribution < 1.29 is 14.3 Å². The second-order valence-electron chi connectivity index (χ2n) is 5.32. The van der Waals surface area contributed by atoms with Crippen LogP contribution in [0, 0.1) is 5.82 Å². The summed E-state index contributed by atoms with van der Waals surface area (Å²) in [4.78, 5) is 12.6. The molecule has 22 heavy (non-hydrogen) atoms. The van der Waals surface area contributed by atoms with Gasteiger partial charge in [0.05, 0.1) is 0 Å². The summed E-state index contributed by atoms with van der Waals surface area (Å²) < 4.78 is 13.1. The normalized spacial score (nSPS) is 20.9. The van der Waals surface area contributed by atoms with Crippen molar-refractivity contribution in [2.45, 2.75) is 19.1 Å². The average molecular weight is 298 g/mol. The van der Waals surface area contributed by atoms with Crippen LogP contribution in [0.15, 0.2) is 59.7 Å². The number of benzene rings is 2. The third-order valence-corrected chi connectivity index (χ3v) is 3.64. The van der Waals surface area contributed by atoms with Crippen LogP contribution in [0.1, 0.15) is 29.3 Å². The zero-order chi connectivity index (χ0) is 15.7. The Morgan fingerprint density at radius 2 is 1.82 bits per heavy atom. The van der Waals surface area contributed by atoms with Crippen LogP contribution in [0.3, 0.4) is 0 Å². The van der Waals surface area contributed by atoms with E-state index < -0.39 is 17.4 Å². The first-order valence-corrected chi connectivity index (χ1v) is 6.93. The number of carbonyl (C=O) groups is 1. The molecule has 0 bridgehead atoms. The minimum absolute atomic E-state index is 0.192.